The number of aryl methyl sites for hydroxylation is 6. The second-order valence-electron chi connectivity index (χ2n) is 29.2. The molecule has 708 valence electrons. The fourth-order valence-corrected chi connectivity index (χ4v) is 21.7. The van der Waals surface area contributed by atoms with E-state index in [-0.39, 0.29) is 91.6 Å². The number of hydrogen-bond donors (Lipinski definition) is 4. The van der Waals surface area contributed by atoms with Gasteiger partial charge in [-0.05, 0) is 212 Å². The summed E-state index contributed by atoms with van der Waals surface area (Å²) in [4.78, 5) is 53.8. The van der Waals surface area contributed by atoms with Crippen molar-refractivity contribution in [2.45, 2.75) is 102 Å². The van der Waals surface area contributed by atoms with Crippen LogP contribution in [0.25, 0.3) is 4.72 Å². The monoisotopic (exact) mass is 2030 g/mol. The van der Waals surface area contributed by atoms with Gasteiger partial charge in [0.15, 0.2) is 11.6 Å². The first-order valence-electron chi connectivity index (χ1n) is 39.6. The summed E-state index contributed by atoms with van der Waals surface area (Å²) >= 11 is 4.44. The van der Waals surface area contributed by atoms with E-state index in [0.717, 1.165) is 204 Å². The van der Waals surface area contributed by atoms with Gasteiger partial charge in [0.1, 0.15) is 81.0 Å². The average Bonchev–Trinajstić information content (AvgIpc) is 1.38. The molecule has 0 aliphatic carbocycles. The van der Waals surface area contributed by atoms with Gasteiger partial charge in [0.25, 0.3) is 29.1 Å². The zero-order valence-electron chi connectivity index (χ0n) is 74.2. The Bertz CT molecular complexity index is 6350. The molecule has 7 aromatic carbocycles. The summed E-state index contributed by atoms with van der Waals surface area (Å²) in [6.45, 7) is 29.0. The smallest absolute Gasteiger partial charge is 0.571 e. The van der Waals surface area contributed by atoms with Crippen LogP contribution in [0.3, 0.4) is 0 Å². The molecule has 0 saturated carbocycles. The number of nitrogens with zero attached hydrogens (tertiary/aromatic N) is 5. The first kappa shape index (κ1) is 110. The number of sulfonamides is 3. The van der Waals surface area contributed by atoms with Crippen LogP contribution in [-0.2, 0) is 75.6 Å². The molecule has 0 atom stereocenters. The quantitative estimate of drug-likeness (QED) is 0.0130. The van der Waals surface area contributed by atoms with Gasteiger partial charge in [-0.3, -0.25) is 19.0 Å². The van der Waals surface area contributed by atoms with Gasteiger partial charge in [-0.15, -0.1) is 51.0 Å². The Hall–Kier alpha value is -10.1. The summed E-state index contributed by atoms with van der Waals surface area (Å²) in [5.41, 5.74) is 28.1. The predicted molar refractivity (Wildman–Crippen MR) is 497 cm³/mol. The molecule has 7 heterocycles. The molecule has 0 unspecified atom stereocenters. The number of esters is 2. The summed E-state index contributed by atoms with van der Waals surface area (Å²) in [7, 11) is -9.94. The second kappa shape index (κ2) is 49.4. The number of morpholine rings is 3. The number of carbonyl (C=O) groups excluding carboxylic acids is 4. The number of ketones is 2. The second-order valence-corrected chi connectivity index (χ2v) is 40.3. The van der Waals surface area contributed by atoms with E-state index in [4.69, 9.17) is 41.6 Å². The van der Waals surface area contributed by atoms with E-state index in [1.165, 1.54) is 71.3 Å². The van der Waals surface area contributed by atoms with Crippen molar-refractivity contribution in [3.05, 3.63) is 269 Å². The zero-order valence-corrected chi connectivity index (χ0v) is 83.5. The van der Waals surface area contributed by atoms with Crippen molar-refractivity contribution in [3.63, 3.8) is 0 Å². The number of methoxy groups -OCH3 is 2. The maximum Gasteiger partial charge on any atom is 1.00 e. The maximum atomic E-state index is 14.1. The van der Waals surface area contributed by atoms with E-state index in [2.05, 4.69) is 84.2 Å². The Balaban J connectivity index is 0.000000228. The Kier molecular flexibility index (Phi) is 40.9. The predicted octanol–water partition coefficient (Wildman–Crippen LogP) is 15.8. The minimum Gasteiger partial charge on any atom is -0.571 e. The van der Waals surface area contributed by atoms with Crippen molar-refractivity contribution in [2.24, 2.45) is 0 Å². The molecule has 11 aromatic rings. The van der Waals surface area contributed by atoms with Crippen LogP contribution in [-0.4, -0.2) is 150 Å². The first-order chi connectivity index (χ1) is 62.2. The van der Waals surface area contributed by atoms with E-state index in [0.29, 0.717) is 61.3 Å². The first-order valence-corrected chi connectivity index (χ1v) is 49.9. The molecule has 4 aromatic heterocycles. The fraction of sp³-hybridized carbons (Fsp3) is 0.292. The molecule has 26 nitrogen and oxygen atoms in total. The number of rotatable bonds is 21. The van der Waals surface area contributed by atoms with Gasteiger partial charge in [-0.1, -0.05) is 24.3 Å². The molecule has 3 fully saturated rings. The van der Waals surface area contributed by atoms with Crippen molar-refractivity contribution in [1.82, 2.24) is 0 Å². The molecule has 0 radical (unpaired) electrons. The van der Waals surface area contributed by atoms with Gasteiger partial charge in [0, 0.05) is 117 Å². The Morgan fingerprint density at radius 3 is 1.13 bits per heavy atom. The zero-order chi connectivity index (χ0) is 97.6. The number of carbonyl (C=O) groups is 4. The van der Waals surface area contributed by atoms with Crippen LogP contribution in [0.2, 0.25) is 0 Å². The van der Waals surface area contributed by atoms with Crippen LogP contribution in [0.1, 0.15) is 107 Å². The largest absolute Gasteiger partial charge is 1.00 e. The summed E-state index contributed by atoms with van der Waals surface area (Å²) in [6, 6.07) is 22.4. The van der Waals surface area contributed by atoms with Gasteiger partial charge in [-0.25, -0.2) is 78.4 Å². The number of nitrogen functional groups attached to an aromatic ring is 2. The topological polar surface area (TPSA) is 375 Å². The van der Waals surface area contributed by atoms with Gasteiger partial charge >= 0.3 is 41.5 Å². The van der Waals surface area contributed by atoms with E-state index in [9.17, 15) is 88.0 Å². The summed E-state index contributed by atoms with van der Waals surface area (Å²) in [5.74, 6) is -10.00. The van der Waals surface area contributed by atoms with Crippen molar-refractivity contribution in [3.8, 4) is 6.07 Å². The summed E-state index contributed by atoms with van der Waals surface area (Å²) in [5, 5.41) is 13.7. The third-order valence-electron chi connectivity index (χ3n) is 20.1. The van der Waals surface area contributed by atoms with Crippen LogP contribution >= 0.6 is 56.0 Å². The van der Waals surface area contributed by atoms with Gasteiger partial charge < -0.3 is 54.6 Å². The number of benzene rings is 7. The van der Waals surface area contributed by atoms with Crippen molar-refractivity contribution in [1.29, 1.82) is 5.26 Å². The van der Waals surface area contributed by atoms with Crippen LogP contribution in [0, 0.1) is 120 Å². The number of ether oxygens (including phenoxy) is 5. The number of hydrogen-bond acceptors (Lipinski definition) is 27. The molecule has 0 amide bonds. The molecular weight excluding hydrogens is 1930 g/mol. The van der Waals surface area contributed by atoms with Crippen LogP contribution in [0.15, 0.2) is 156 Å². The molecule has 3 saturated heterocycles. The molecule has 14 rings (SSSR count). The van der Waals surface area contributed by atoms with Crippen LogP contribution < -0.4 is 65.2 Å². The third kappa shape index (κ3) is 29.2. The van der Waals surface area contributed by atoms with E-state index < -0.39 is 111 Å². The number of nitriles is 1. The Morgan fingerprint density at radius 1 is 0.444 bits per heavy atom. The van der Waals surface area contributed by atoms with E-state index >= 15 is 0 Å². The summed E-state index contributed by atoms with van der Waals surface area (Å²) < 4.78 is 235. The van der Waals surface area contributed by atoms with E-state index in [1.54, 1.807) is 28.3 Å². The molecule has 0 spiro atoms. The Labute approximate surface area is 809 Å². The molecule has 133 heavy (non-hydrogen) atoms. The number of anilines is 7. The normalized spacial score (nSPS) is 13.1. The van der Waals surface area contributed by atoms with Gasteiger partial charge in [-0.2, -0.15) is 5.26 Å². The number of nitrogens with two attached hydrogens (primary N) is 2. The molecule has 44 heteroatoms. The minimum atomic E-state index is -4.48. The molecule has 6 N–H and O–H groups in total. The molecular formula is C89H93ClF8N9NaO17S8. The van der Waals surface area contributed by atoms with Crippen molar-refractivity contribution >= 4 is 164 Å². The van der Waals surface area contributed by atoms with E-state index in [1.807, 2.05) is 34.6 Å². The van der Waals surface area contributed by atoms with Crippen molar-refractivity contribution in [2.75, 3.05) is 129 Å². The van der Waals surface area contributed by atoms with Crippen LogP contribution in [0.4, 0.5) is 80.6 Å². The van der Waals surface area contributed by atoms with Crippen molar-refractivity contribution < 1.29 is 141 Å². The van der Waals surface area contributed by atoms with Gasteiger partial charge in [0.2, 0.25) is 0 Å². The molecule has 3 aliphatic heterocycles. The molecule has 0 bridgehead atoms. The van der Waals surface area contributed by atoms with Gasteiger partial charge in [0.05, 0.1) is 91.6 Å². The number of nitrogens with one attached hydrogen (secondary N) is 2. The standard InChI is InChI=1S/2C25H26F2N2O4S2.C13H20N2O.C12H9F2NO4S2.C6H3ClF2O2S.C6H7NO2S.C2H3N.Na/c2*1-15-12-16(2)24(29-7-9-33-10-8-29)17(3)19(15)14-22(30)25-21(6-11-34-25)28-35(31,32)23-5-4-18(26)13-20(23)27;1-9-8-10(2)13(11(3)12(9)14)15-4-6-16-7-5-15;1-19-12(16)11-9(4-5-20-11)15-21(17,18)10-3-2-7(13)6-8(10)14;7-12(10,11)6-2-1-4(8)3-5(6)9;1-9-6(8)5-4(7)2-3-10-5;1-2-3;/h4-6,11-13H,7-10,14H2,1-3H3,(H,28,30);4-6,11-13,28H,7-10,14H2,1-3H3;8H,4-7,14H2,1-3H3;2-6,15H,1H3;1-3H;2-3H,7H2,1H3;1H3;/q;;;;;;;+1/p-1. The Morgan fingerprint density at radius 2 is 0.759 bits per heavy atom. The van der Waals surface area contributed by atoms with Crippen LogP contribution in [0.5, 0.6) is 0 Å². The SMILES string of the molecule is CC#N.COC(=O)c1sccc1N.COC(=O)c1sccc1NS(=O)(=O)c1ccc(F)cc1F.Cc1cc(C)c(N2CCOCC2)c(C)c1CC(=O)c1sccc1NS(=O)(=O)c1ccc(F)cc1F.Cc1cc(C)c(N2CCOCC2)c(C)c1CC(=O)c1sccc1[N-]S(=O)(=O)c1ccc(F)cc1F.Cc1cc(C)c(N2CCOCC2)c(C)c1N.O=S(=O)(Cl)c1ccc(F)cc1F.[Na+]. The third-order valence-corrected chi connectivity index (χ3v) is 29.3. The summed E-state index contributed by atoms with van der Waals surface area (Å²) in [6.07, 6.45) is 0.165. The number of Topliss-reactive ketones (excluding diaryl/α,β-unsaturated/α-hetero) is 2. The number of halogens is 9. The maximum absolute atomic E-state index is 14.1. The fourth-order valence-electron chi connectivity index (χ4n) is 14.2. The number of thiophene rings is 4. The average molecular weight is 2030 g/mol. The molecule has 3 aliphatic rings. The minimum absolute atomic E-state index is 0.